The van der Waals surface area contributed by atoms with E-state index in [0.29, 0.717) is 40.2 Å². The van der Waals surface area contributed by atoms with Crippen LogP contribution in [0.5, 0.6) is 0 Å². The average Bonchev–Trinajstić information content (AvgIpc) is 3.01. The highest BCUT2D eigenvalue weighted by molar-refractivity contribution is 6.07. The lowest BCUT2D eigenvalue weighted by atomic mass is 9.87. The number of fused-ring (bicyclic) bond motifs is 3. The minimum Gasteiger partial charge on any atom is -0.481 e. The molecule has 0 unspecified atom stereocenters. The Kier molecular flexibility index (Phi) is 5.30. The van der Waals surface area contributed by atoms with Gasteiger partial charge in [0.15, 0.2) is 0 Å². The minimum absolute atomic E-state index is 0.415. The molecule has 2 aromatic carbocycles. The summed E-state index contributed by atoms with van der Waals surface area (Å²) in [7, 11) is 0. The smallest absolute Gasteiger partial charge is 0.416 e. The number of carbonyl (C=O) groups is 2. The van der Waals surface area contributed by atoms with Crippen molar-refractivity contribution in [2.45, 2.75) is 44.9 Å². The van der Waals surface area contributed by atoms with Crippen LogP contribution in [0.1, 0.15) is 44.2 Å². The van der Waals surface area contributed by atoms with Gasteiger partial charge < -0.3 is 14.8 Å². The predicted molar refractivity (Wildman–Crippen MR) is 101 cm³/mol. The number of nitrogens with one attached hydrogen (secondary N) is 1. The van der Waals surface area contributed by atoms with Crippen molar-refractivity contribution in [1.82, 2.24) is 4.98 Å². The lowest BCUT2D eigenvalue weighted by Crippen LogP contribution is -2.32. The molecular formula is C21H20F3NO4. The number of benzene rings is 2. The summed E-state index contributed by atoms with van der Waals surface area (Å²) in [5.41, 5.74) is 0.0733. The number of hydrogen-bond acceptors (Lipinski definition) is 3. The van der Waals surface area contributed by atoms with Crippen molar-refractivity contribution in [1.29, 1.82) is 0 Å². The summed E-state index contributed by atoms with van der Waals surface area (Å²) in [5, 5.41) is 9.88. The number of carboxylic acid groups (broad SMARTS) is 1. The first kappa shape index (κ1) is 20.7. The summed E-state index contributed by atoms with van der Waals surface area (Å²) in [6.07, 6.45) is -4.34. The Bertz CT molecular complexity index is 1080. The van der Waals surface area contributed by atoms with Gasteiger partial charge in [0.25, 0.3) is 0 Å². The molecule has 0 spiro atoms. The molecule has 8 heteroatoms. The quantitative estimate of drug-likeness (QED) is 0.425. The number of rotatable bonds is 6. The molecule has 29 heavy (non-hydrogen) atoms. The Morgan fingerprint density at radius 2 is 1.62 bits per heavy atom. The topological polar surface area (TPSA) is 79.4 Å². The van der Waals surface area contributed by atoms with Crippen molar-refractivity contribution in [3.05, 3.63) is 47.5 Å². The molecule has 3 aromatic rings. The number of aliphatic carboxylic acids is 1. The number of carboxylic acids is 1. The number of hydrogen-bond donors (Lipinski definition) is 2. The summed E-state index contributed by atoms with van der Waals surface area (Å²) >= 11 is 0. The van der Waals surface area contributed by atoms with E-state index in [1.54, 1.807) is 18.2 Å². The van der Waals surface area contributed by atoms with Crippen molar-refractivity contribution < 1.29 is 32.6 Å². The highest BCUT2D eigenvalue weighted by Crippen LogP contribution is 2.38. The Labute approximate surface area is 164 Å². The lowest BCUT2D eigenvalue weighted by Gasteiger charge is -2.32. The minimum atomic E-state index is -4.43. The molecule has 1 heterocycles. The molecular weight excluding hydrogens is 387 g/mol. The normalized spacial score (nSPS) is 12.4. The monoisotopic (exact) mass is 407 g/mol. The van der Waals surface area contributed by atoms with Gasteiger partial charge in [-0.05, 0) is 42.7 Å². The first-order valence-corrected chi connectivity index (χ1v) is 9.16. The van der Waals surface area contributed by atoms with E-state index in [4.69, 9.17) is 9.84 Å². The third kappa shape index (κ3) is 3.92. The fourth-order valence-corrected chi connectivity index (χ4v) is 3.60. The van der Waals surface area contributed by atoms with Crippen LogP contribution in [0.2, 0.25) is 0 Å². The van der Waals surface area contributed by atoms with Crippen LogP contribution in [0.4, 0.5) is 13.2 Å². The van der Waals surface area contributed by atoms with Gasteiger partial charge in [0.2, 0.25) is 0 Å². The molecule has 0 aliphatic rings. The molecule has 5 nitrogen and oxygen atoms in total. The van der Waals surface area contributed by atoms with Crippen LogP contribution < -0.4 is 0 Å². The second-order valence-electron chi connectivity index (χ2n) is 6.89. The summed E-state index contributed by atoms with van der Waals surface area (Å²) in [5.74, 6) is -2.12. The van der Waals surface area contributed by atoms with E-state index in [-0.39, 0.29) is 0 Å². The Balaban J connectivity index is 2.08. The molecule has 154 valence electrons. The number of halogens is 3. The zero-order chi connectivity index (χ0) is 21.4. The molecule has 1 aromatic heterocycles. The second-order valence-corrected chi connectivity index (χ2v) is 6.89. The van der Waals surface area contributed by atoms with Gasteiger partial charge in [-0.3, -0.25) is 9.59 Å². The number of esters is 1. The van der Waals surface area contributed by atoms with Crippen molar-refractivity contribution in [3.8, 4) is 0 Å². The van der Waals surface area contributed by atoms with Gasteiger partial charge >= 0.3 is 18.1 Å². The van der Waals surface area contributed by atoms with Gasteiger partial charge in [-0.15, -0.1) is 0 Å². The number of aromatic amines is 1. The molecule has 0 saturated heterocycles. The lowest BCUT2D eigenvalue weighted by molar-refractivity contribution is -0.165. The SMILES string of the molecule is CCC(CC)(OC(=O)CC(=O)O)c1ccc2c(c1)[nH]c1ccc(C(F)(F)F)cc12. The Hall–Kier alpha value is -3.03. The highest BCUT2D eigenvalue weighted by Gasteiger charge is 2.34. The van der Waals surface area contributed by atoms with E-state index < -0.39 is 35.7 Å². The van der Waals surface area contributed by atoms with Crippen LogP contribution in [0, 0.1) is 0 Å². The summed E-state index contributed by atoms with van der Waals surface area (Å²) in [6, 6.07) is 8.65. The maximum Gasteiger partial charge on any atom is 0.416 e. The zero-order valence-corrected chi connectivity index (χ0v) is 15.9. The molecule has 0 fully saturated rings. The zero-order valence-electron chi connectivity index (χ0n) is 15.9. The highest BCUT2D eigenvalue weighted by atomic mass is 19.4. The van der Waals surface area contributed by atoms with Gasteiger partial charge in [0.1, 0.15) is 12.0 Å². The van der Waals surface area contributed by atoms with Gasteiger partial charge in [-0.1, -0.05) is 26.0 Å². The number of aromatic nitrogens is 1. The summed E-state index contributed by atoms with van der Waals surface area (Å²) in [6.45, 7) is 3.64. The van der Waals surface area contributed by atoms with E-state index in [1.165, 1.54) is 6.07 Å². The molecule has 0 bridgehead atoms. The Morgan fingerprint density at radius 3 is 2.21 bits per heavy atom. The third-order valence-corrected chi connectivity index (χ3v) is 5.20. The number of alkyl halides is 3. The van der Waals surface area contributed by atoms with Crippen molar-refractivity contribution >= 4 is 33.7 Å². The van der Waals surface area contributed by atoms with Crippen LogP contribution >= 0.6 is 0 Å². The van der Waals surface area contributed by atoms with Crippen LogP contribution in [-0.2, 0) is 26.1 Å². The molecule has 0 amide bonds. The van der Waals surface area contributed by atoms with E-state index >= 15 is 0 Å². The van der Waals surface area contributed by atoms with Crippen molar-refractivity contribution in [2.75, 3.05) is 0 Å². The van der Waals surface area contributed by atoms with Gasteiger partial charge in [-0.2, -0.15) is 13.2 Å². The largest absolute Gasteiger partial charge is 0.481 e. The maximum absolute atomic E-state index is 13.0. The van der Waals surface area contributed by atoms with Crippen LogP contribution in [-0.4, -0.2) is 22.0 Å². The van der Waals surface area contributed by atoms with Gasteiger partial charge in [0.05, 0.1) is 5.56 Å². The van der Waals surface area contributed by atoms with Crippen LogP contribution in [0.15, 0.2) is 36.4 Å². The number of ether oxygens (including phenoxy) is 1. The molecule has 0 saturated carbocycles. The van der Waals surface area contributed by atoms with E-state index in [9.17, 15) is 22.8 Å². The predicted octanol–water partition coefficient (Wildman–Crippen LogP) is 5.37. The first-order valence-electron chi connectivity index (χ1n) is 9.16. The van der Waals surface area contributed by atoms with E-state index in [0.717, 1.165) is 12.1 Å². The standard InChI is InChI=1S/C21H20F3NO4/c1-3-20(4-2,29-19(28)11-18(26)27)12-5-7-14-15-9-13(21(22,23)24)6-8-16(15)25-17(14)10-12/h5-10,25H,3-4,11H2,1-2H3,(H,26,27). The van der Waals surface area contributed by atoms with Gasteiger partial charge in [0, 0.05) is 21.8 Å². The maximum atomic E-state index is 13.0. The molecule has 0 aliphatic heterocycles. The fraction of sp³-hybridized carbons (Fsp3) is 0.333. The average molecular weight is 407 g/mol. The number of carbonyl (C=O) groups excluding carboxylic acids is 1. The van der Waals surface area contributed by atoms with Gasteiger partial charge in [-0.25, -0.2) is 0 Å². The molecule has 3 rings (SSSR count). The van der Waals surface area contributed by atoms with Crippen LogP contribution in [0.25, 0.3) is 21.8 Å². The molecule has 0 radical (unpaired) electrons. The first-order chi connectivity index (χ1) is 13.6. The summed E-state index contributed by atoms with van der Waals surface area (Å²) < 4.78 is 44.7. The fourth-order valence-electron chi connectivity index (χ4n) is 3.60. The Morgan fingerprint density at radius 1 is 0.966 bits per heavy atom. The van der Waals surface area contributed by atoms with Crippen LogP contribution in [0.3, 0.4) is 0 Å². The third-order valence-electron chi connectivity index (χ3n) is 5.20. The molecule has 2 N–H and O–H groups in total. The summed E-state index contributed by atoms with van der Waals surface area (Å²) in [4.78, 5) is 25.9. The second kappa shape index (κ2) is 7.42. The number of H-pyrrole nitrogens is 1. The van der Waals surface area contributed by atoms with E-state index in [1.807, 2.05) is 13.8 Å². The van der Waals surface area contributed by atoms with Crippen molar-refractivity contribution in [3.63, 3.8) is 0 Å². The van der Waals surface area contributed by atoms with E-state index in [2.05, 4.69) is 4.98 Å². The molecule has 0 aliphatic carbocycles. The van der Waals surface area contributed by atoms with Crippen molar-refractivity contribution in [2.24, 2.45) is 0 Å². The molecule has 0 atom stereocenters.